The summed E-state index contributed by atoms with van der Waals surface area (Å²) in [7, 11) is -4.38. The zero-order chi connectivity index (χ0) is 38.9. The minimum Gasteiger partial charge on any atom is -0.462 e. The Hall–Kier alpha value is -1.51. The molecule has 0 aromatic heterocycles. The number of hydrogen-bond donors (Lipinski definition) is 2. The largest absolute Gasteiger partial charge is 0.472 e. The van der Waals surface area contributed by atoms with Gasteiger partial charge in [-0.1, -0.05) is 179 Å². The van der Waals surface area contributed by atoms with Crippen molar-refractivity contribution in [3.63, 3.8) is 0 Å². The van der Waals surface area contributed by atoms with Gasteiger partial charge in [0.1, 0.15) is 6.61 Å². The van der Waals surface area contributed by atoms with E-state index in [1.54, 1.807) is 0 Å². The highest BCUT2D eigenvalue weighted by atomic mass is 31.2. The Bertz CT molecular complexity index is 928. The zero-order valence-corrected chi connectivity index (χ0v) is 35.2. The van der Waals surface area contributed by atoms with Crippen molar-refractivity contribution in [2.45, 2.75) is 213 Å². The summed E-state index contributed by atoms with van der Waals surface area (Å²) in [6, 6.07) is 0. The van der Waals surface area contributed by atoms with E-state index in [0.717, 1.165) is 38.5 Å². The number of carbonyl (C=O) groups excluding carboxylic acids is 2. The summed E-state index contributed by atoms with van der Waals surface area (Å²) in [6.07, 6.45) is 42.1. The highest BCUT2D eigenvalue weighted by Crippen LogP contribution is 2.43. The minimum atomic E-state index is -4.38. The summed E-state index contributed by atoms with van der Waals surface area (Å²) >= 11 is 0. The van der Waals surface area contributed by atoms with Crippen LogP contribution in [0.25, 0.3) is 0 Å². The van der Waals surface area contributed by atoms with Gasteiger partial charge in [0.25, 0.3) is 0 Å². The summed E-state index contributed by atoms with van der Waals surface area (Å²) in [5, 5.41) is 0. The SMILES string of the molecule is CCCCCCCCCCC/C=C\C/C=C\CCCC(=O)O[C@H](COC(=O)CCCCCCCCCCCCCCCCC)COP(=O)(O)OCCN. The molecule has 0 bridgehead atoms. The Labute approximate surface area is 325 Å². The first-order chi connectivity index (χ1) is 25.8. The van der Waals surface area contributed by atoms with Crippen molar-refractivity contribution >= 4 is 19.8 Å². The van der Waals surface area contributed by atoms with Gasteiger partial charge in [-0.3, -0.25) is 18.6 Å². The average molecular weight is 772 g/mol. The average Bonchev–Trinajstić information content (AvgIpc) is 3.14. The molecule has 0 saturated carbocycles. The van der Waals surface area contributed by atoms with Gasteiger partial charge >= 0.3 is 19.8 Å². The predicted molar refractivity (Wildman–Crippen MR) is 220 cm³/mol. The molecule has 53 heavy (non-hydrogen) atoms. The molecule has 0 fully saturated rings. The Morgan fingerprint density at radius 2 is 1.00 bits per heavy atom. The van der Waals surface area contributed by atoms with E-state index in [-0.39, 0.29) is 38.6 Å². The van der Waals surface area contributed by atoms with Crippen LogP contribution in [0, 0.1) is 0 Å². The smallest absolute Gasteiger partial charge is 0.462 e. The molecule has 0 aliphatic carbocycles. The molecule has 0 saturated heterocycles. The first-order valence-electron chi connectivity index (χ1n) is 21.8. The number of phosphoric acid groups is 1. The van der Waals surface area contributed by atoms with Crippen LogP contribution < -0.4 is 5.73 Å². The molecule has 0 rings (SSSR count). The van der Waals surface area contributed by atoms with E-state index < -0.39 is 26.5 Å². The van der Waals surface area contributed by atoms with E-state index in [1.807, 2.05) is 0 Å². The lowest BCUT2D eigenvalue weighted by Gasteiger charge is -2.19. The fourth-order valence-electron chi connectivity index (χ4n) is 6.09. The van der Waals surface area contributed by atoms with Gasteiger partial charge in [-0.25, -0.2) is 4.57 Å². The molecule has 312 valence electrons. The van der Waals surface area contributed by atoms with E-state index >= 15 is 0 Å². The topological polar surface area (TPSA) is 134 Å². The first-order valence-corrected chi connectivity index (χ1v) is 23.3. The van der Waals surface area contributed by atoms with Gasteiger partial charge < -0.3 is 20.1 Å². The summed E-state index contributed by atoms with van der Waals surface area (Å²) in [5.41, 5.74) is 5.34. The van der Waals surface area contributed by atoms with Crippen LogP contribution in [0.3, 0.4) is 0 Å². The number of nitrogens with two attached hydrogens (primary N) is 1. The fourth-order valence-corrected chi connectivity index (χ4v) is 6.85. The molecule has 0 spiro atoms. The van der Waals surface area contributed by atoms with Crippen LogP contribution in [0.15, 0.2) is 24.3 Å². The number of ether oxygens (including phenoxy) is 2. The van der Waals surface area contributed by atoms with Crippen LogP contribution in [0.1, 0.15) is 206 Å². The second-order valence-corrected chi connectivity index (χ2v) is 16.0. The molecule has 10 heteroatoms. The maximum absolute atomic E-state index is 12.6. The van der Waals surface area contributed by atoms with Crippen molar-refractivity contribution in [1.29, 1.82) is 0 Å². The van der Waals surface area contributed by atoms with Crippen LogP contribution in [-0.4, -0.2) is 49.3 Å². The van der Waals surface area contributed by atoms with Crippen LogP contribution in [0.5, 0.6) is 0 Å². The summed E-state index contributed by atoms with van der Waals surface area (Å²) in [6.45, 7) is 3.70. The van der Waals surface area contributed by atoms with Crippen molar-refractivity contribution in [3.8, 4) is 0 Å². The van der Waals surface area contributed by atoms with Crippen LogP contribution in [0.2, 0.25) is 0 Å². The third-order valence-corrected chi connectivity index (χ3v) is 10.3. The maximum atomic E-state index is 12.6. The van der Waals surface area contributed by atoms with Crippen LogP contribution in [-0.2, 0) is 32.7 Å². The van der Waals surface area contributed by atoms with E-state index in [2.05, 4.69) is 38.2 Å². The predicted octanol–water partition coefficient (Wildman–Crippen LogP) is 12.4. The van der Waals surface area contributed by atoms with Gasteiger partial charge in [0, 0.05) is 19.4 Å². The van der Waals surface area contributed by atoms with Gasteiger partial charge in [-0.05, 0) is 38.5 Å². The number of carbonyl (C=O) groups is 2. The number of unbranched alkanes of at least 4 members (excludes halogenated alkanes) is 24. The molecule has 2 atom stereocenters. The number of hydrogen-bond acceptors (Lipinski definition) is 8. The van der Waals surface area contributed by atoms with Crippen molar-refractivity contribution in [2.24, 2.45) is 5.73 Å². The molecule has 0 aliphatic heterocycles. The molecule has 0 aliphatic rings. The molecule has 0 heterocycles. The summed E-state index contributed by atoms with van der Waals surface area (Å²) in [5.74, 6) is -0.873. The molecule has 3 N–H and O–H groups in total. The van der Waals surface area contributed by atoms with Gasteiger partial charge in [0.15, 0.2) is 6.10 Å². The highest BCUT2D eigenvalue weighted by molar-refractivity contribution is 7.47. The molecule has 0 aromatic rings. The lowest BCUT2D eigenvalue weighted by Crippen LogP contribution is -2.29. The van der Waals surface area contributed by atoms with Gasteiger partial charge in [0.2, 0.25) is 0 Å². The van der Waals surface area contributed by atoms with Crippen molar-refractivity contribution in [2.75, 3.05) is 26.4 Å². The summed E-state index contributed by atoms with van der Waals surface area (Å²) < 4.78 is 32.7. The number of esters is 2. The second kappa shape index (κ2) is 40.2. The second-order valence-electron chi connectivity index (χ2n) is 14.6. The molecule has 0 radical (unpaired) electrons. The number of rotatable bonds is 41. The number of phosphoric ester groups is 1. The molecule has 0 aromatic carbocycles. The van der Waals surface area contributed by atoms with Gasteiger partial charge in [-0.2, -0.15) is 0 Å². The quantitative estimate of drug-likeness (QED) is 0.0269. The standard InChI is InChI=1S/C43H82NO8P/c1-3-5-7-9-11-13-15-17-19-20-22-24-26-28-30-32-34-36-43(46)52-41(40-51-53(47,48)50-38-37-44)39-49-42(45)35-33-31-29-27-25-23-21-18-16-14-12-10-8-6-4-2/h22,24,28,30,41H,3-21,23,25-27,29,31-40,44H2,1-2H3,(H,47,48)/b24-22-,30-28-/t41-/m1/s1. The van der Waals surface area contributed by atoms with E-state index in [1.165, 1.54) is 135 Å². The molecule has 9 nitrogen and oxygen atoms in total. The summed E-state index contributed by atoms with van der Waals surface area (Å²) in [4.78, 5) is 34.8. The highest BCUT2D eigenvalue weighted by Gasteiger charge is 2.25. The van der Waals surface area contributed by atoms with E-state index in [4.69, 9.17) is 24.3 Å². The lowest BCUT2D eigenvalue weighted by molar-refractivity contribution is -0.161. The fraction of sp³-hybridized carbons (Fsp3) is 0.860. The van der Waals surface area contributed by atoms with Gasteiger partial charge in [-0.15, -0.1) is 0 Å². The maximum Gasteiger partial charge on any atom is 0.472 e. The van der Waals surface area contributed by atoms with E-state index in [0.29, 0.717) is 6.42 Å². The van der Waals surface area contributed by atoms with E-state index in [9.17, 15) is 19.0 Å². The molecular weight excluding hydrogens is 689 g/mol. The molecule has 1 unspecified atom stereocenters. The Morgan fingerprint density at radius 1 is 0.566 bits per heavy atom. The van der Waals surface area contributed by atoms with Gasteiger partial charge in [0.05, 0.1) is 13.2 Å². The minimum absolute atomic E-state index is 0.0489. The van der Waals surface area contributed by atoms with Crippen LogP contribution >= 0.6 is 7.82 Å². The monoisotopic (exact) mass is 772 g/mol. The van der Waals surface area contributed by atoms with Crippen LogP contribution in [0.4, 0.5) is 0 Å². The Morgan fingerprint density at radius 3 is 1.49 bits per heavy atom. The Balaban J connectivity index is 4.20. The molecule has 0 amide bonds. The zero-order valence-electron chi connectivity index (χ0n) is 34.3. The van der Waals surface area contributed by atoms with Crippen molar-refractivity contribution < 1.29 is 37.6 Å². The third kappa shape index (κ3) is 40.0. The third-order valence-electron chi connectivity index (χ3n) is 9.34. The van der Waals surface area contributed by atoms with Crippen molar-refractivity contribution in [3.05, 3.63) is 24.3 Å². The molecular formula is C43H82NO8P. The van der Waals surface area contributed by atoms with Crippen molar-refractivity contribution in [1.82, 2.24) is 0 Å². The normalized spacial score (nSPS) is 13.5. The Kier molecular flexibility index (Phi) is 39.0. The first kappa shape index (κ1) is 51.5. The number of allylic oxidation sites excluding steroid dienone is 4. The lowest BCUT2D eigenvalue weighted by atomic mass is 10.0.